The van der Waals surface area contributed by atoms with Crippen LogP contribution in [0.1, 0.15) is 34.1 Å². The molecule has 0 saturated carbocycles. The largest absolute Gasteiger partial charge is 0.634 e. The first-order valence-electron chi connectivity index (χ1n) is 3.87. The fourth-order valence-corrected chi connectivity index (χ4v) is 1.16. The summed E-state index contributed by atoms with van der Waals surface area (Å²) < 4.78 is 0. The van der Waals surface area contributed by atoms with E-state index in [0.717, 1.165) is 6.42 Å². The van der Waals surface area contributed by atoms with E-state index in [-0.39, 0.29) is 5.54 Å². The predicted octanol–water partition coefficient (Wildman–Crippen LogP) is 0.824. The Morgan fingerprint density at radius 1 is 1.40 bits per heavy atom. The molecule has 0 aliphatic heterocycles. The van der Waals surface area contributed by atoms with Gasteiger partial charge in [-0.3, -0.25) is 0 Å². The molecule has 0 bridgehead atoms. The van der Waals surface area contributed by atoms with Gasteiger partial charge in [-0.25, -0.2) is 0 Å². The second-order valence-corrected chi connectivity index (χ2v) is 4.04. The first-order chi connectivity index (χ1) is 4.36. The van der Waals surface area contributed by atoms with Crippen LogP contribution in [0.5, 0.6) is 0 Å². The van der Waals surface area contributed by atoms with Crippen molar-refractivity contribution < 1.29 is 5.06 Å². The highest BCUT2D eigenvalue weighted by Crippen LogP contribution is 2.11. The topological polar surface area (TPSA) is 27.5 Å². The first kappa shape index (κ1) is 9.92. The zero-order valence-corrected chi connectivity index (χ0v) is 7.69. The van der Waals surface area contributed by atoms with Crippen LogP contribution in [0.25, 0.3) is 0 Å². The molecule has 0 amide bonds. The van der Waals surface area contributed by atoms with E-state index in [0.29, 0.717) is 11.0 Å². The van der Waals surface area contributed by atoms with Crippen LogP contribution < -0.4 is 5.06 Å². The third-order valence-electron chi connectivity index (χ3n) is 1.87. The lowest BCUT2D eigenvalue weighted by Crippen LogP contribution is -3.12. The van der Waals surface area contributed by atoms with Gasteiger partial charge in [-0.2, -0.15) is 0 Å². The van der Waals surface area contributed by atoms with Crippen molar-refractivity contribution in [3.8, 4) is 0 Å². The van der Waals surface area contributed by atoms with Crippen LogP contribution >= 0.6 is 0 Å². The summed E-state index contributed by atoms with van der Waals surface area (Å²) in [6, 6.07) is 0. The molecular weight excluding hydrogens is 126 g/mol. The molecule has 0 heterocycles. The van der Waals surface area contributed by atoms with Crippen LogP contribution in [0, 0.1) is 11.1 Å². The highest BCUT2D eigenvalue weighted by Gasteiger charge is 2.22. The van der Waals surface area contributed by atoms with E-state index >= 15 is 0 Å². The minimum atomic E-state index is -0.117. The van der Waals surface area contributed by atoms with Crippen LogP contribution in [0.2, 0.25) is 0 Å². The van der Waals surface area contributed by atoms with Crippen molar-refractivity contribution in [1.82, 2.24) is 0 Å². The quantitative estimate of drug-likeness (QED) is 0.585. The van der Waals surface area contributed by atoms with Gasteiger partial charge in [0.2, 0.25) is 0 Å². The lowest BCUT2D eigenvalue weighted by Gasteiger charge is -2.36. The van der Waals surface area contributed by atoms with E-state index < -0.39 is 0 Å². The van der Waals surface area contributed by atoms with Crippen molar-refractivity contribution in [2.45, 2.75) is 39.7 Å². The summed E-state index contributed by atoms with van der Waals surface area (Å²) in [6.45, 7) is 8.31. The van der Waals surface area contributed by atoms with Crippen molar-refractivity contribution in [1.29, 1.82) is 0 Å². The molecule has 0 spiro atoms. The number of hydroxylamine groups is 2. The van der Waals surface area contributed by atoms with E-state index in [2.05, 4.69) is 13.8 Å². The van der Waals surface area contributed by atoms with Crippen molar-refractivity contribution >= 4 is 0 Å². The van der Waals surface area contributed by atoms with Gasteiger partial charge in [-0.15, -0.1) is 0 Å². The fraction of sp³-hybridized carbons (Fsp3) is 1.00. The highest BCUT2D eigenvalue weighted by atomic mass is 16.5. The molecule has 10 heavy (non-hydrogen) atoms. The average molecular weight is 145 g/mol. The van der Waals surface area contributed by atoms with Crippen LogP contribution in [0.4, 0.5) is 0 Å². The van der Waals surface area contributed by atoms with Crippen LogP contribution in [0.3, 0.4) is 0 Å². The zero-order valence-electron chi connectivity index (χ0n) is 7.69. The number of nitrogens with one attached hydrogen (secondary N) is 1. The average Bonchev–Trinajstić information content (AvgIpc) is 1.60. The maximum atomic E-state index is 11.0. The van der Waals surface area contributed by atoms with Crippen molar-refractivity contribution in [2.24, 2.45) is 5.92 Å². The standard InChI is InChI=1S/C8H19NO/c1-7(2)6-8(3,4)9(5)10/h7,9H,6H2,1-5H3. The molecule has 0 aliphatic carbocycles. The third kappa shape index (κ3) is 3.18. The van der Waals surface area contributed by atoms with E-state index in [1.54, 1.807) is 7.05 Å². The van der Waals surface area contributed by atoms with Crippen molar-refractivity contribution in [3.05, 3.63) is 5.21 Å². The van der Waals surface area contributed by atoms with Crippen LogP contribution in [-0.4, -0.2) is 12.6 Å². The van der Waals surface area contributed by atoms with Gasteiger partial charge in [-0.05, 0) is 19.8 Å². The van der Waals surface area contributed by atoms with Gasteiger partial charge in [0, 0.05) is 6.42 Å². The minimum absolute atomic E-state index is 0.117. The summed E-state index contributed by atoms with van der Waals surface area (Å²) in [7, 11) is 1.67. The number of hydrogen-bond acceptors (Lipinski definition) is 1. The van der Waals surface area contributed by atoms with Crippen molar-refractivity contribution in [3.63, 3.8) is 0 Å². The fourth-order valence-electron chi connectivity index (χ4n) is 1.16. The Hall–Kier alpha value is -0.0800. The Labute approximate surface area is 63.8 Å². The molecule has 2 heteroatoms. The van der Waals surface area contributed by atoms with Gasteiger partial charge < -0.3 is 10.3 Å². The normalized spacial score (nSPS) is 15.9. The summed E-state index contributed by atoms with van der Waals surface area (Å²) in [5.41, 5.74) is -0.117. The lowest BCUT2D eigenvalue weighted by molar-refractivity contribution is -0.881. The Kier molecular flexibility index (Phi) is 3.33. The highest BCUT2D eigenvalue weighted by molar-refractivity contribution is 4.67. The van der Waals surface area contributed by atoms with E-state index in [1.165, 1.54) is 0 Å². The molecule has 0 radical (unpaired) electrons. The molecule has 0 fully saturated rings. The van der Waals surface area contributed by atoms with Gasteiger partial charge >= 0.3 is 0 Å². The van der Waals surface area contributed by atoms with Gasteiger partial charge in [0.05, 0.1) is 12.6 Å². The predicted molar refractivity (Wildman–Crippen MR) is 43.8 cm³/mol. The molecule has 0 saturated heterocycles. The molecule has 2 nitrogen and oxygen atoms in total. The molecule has 0 aromatic rings. The van der Waals surface area contributed by atoms with Gasteiger partial charge in [0.25, 0.3) is 0 Å². The molecule has 0 aliphatic rings. The Balaban J connectivity index is 3.87. The van der Waals surface area contributed by atoms with E-state index in [9.17, 15) is 5.21 Å². The summed E-state index contributed by atoms with van der Waals surface area (Å²) in [5, 5.41) is 11.3. The SMILES string of the molecule is CC(C)CC(C)(C)[NH+](C)[O-]. The Morgan fingerprint density at radius 2 is 1.80 bits per heavy atom. The van der Waals surface area contributed by atoms with E-state index in [4.69, 9.17) is 0 Å². The number of quaternary nitrogens is 1. The molecule has 62 valence electrons. The van der Waals surface area contributed by atoms with Crippen LogP contribution in [-0.2, 0) is 0 Å². The summed E-state index contributed by atoms with van der Waals surface area (Å²) >= 11 is 0. The van der Waals surface area contributed by atoms with Gasteiger partial charge in [0.1, 0.15) is 0 Å². The first-order valence-corrected chi connectivity index (χ1v) is 3.87. The lowest BCUT2D eigenvalue weighted by atomic mass is 9.93. The Bertz CT molecular complexity index is 97.4. The summed E-state index contributed by atoms with van der Waals surface area (Å²) in [4.78, 5) is 0. The second-order valence-electron chi connectivity index (χ2n) is 4.04. The Morgan fingerprint density at radius 3 is 1.90 bits per heavy atom. The monoisotopic (exact) mass is 145 g/mol. The minimum Gasteiger partial charge on any atom is -0.634 e. The summed E-state index contributed by atoms with van der Waals surface area (Å²) in [6.07, 6.45) is 0.988. The summed E-state index contributed by atoms with van der Waals surface area (Å²) in [5.74, 6) is 0.610. The molecular formula is C8H19NO. The second kappa shape index (κ2) is 3.35. The molecule has 0 aromatic heterocycles. The van der Waals surface area contributed by atoms with Gasteiger partial charge in [-0.1, -0.05) is 13.8 Å². The van der Waals surface area contributed by atoms with E-state index in [1.807, 2.05) is 13.8 Å². The maximum absolute atomic E-state index is 11.0. The molecule has 1 atom stereocenters. The number of hydrogen-bond donors (Lipinski definition) is 1. The third-order valence-corrected chi connectivity index (χ3v) is 1.87. The zero-order chi connectivity index (χ0) is 8.36. The molecule has 0 rings (SSSR count). The molecule has 1 unspecified atom stereocenters. The van der Waals surface area contributed by atoms with Gasteiger partial charge in [0.15, 0.2) is 0 Å². The number of rotatable bonds is 3. The molecule has 1 N–H and O–H groups in total. The maximum Gasteiger partial charge on any atom is 0.0917 e. The van der Waals surface area contributed by atoms with Crippen LogP contribution in [0.15, 0.2) is 0 Å². The van der Waals surface area contributed by atoms with Crippen molar-refractivity contribution in [2.75, 3.05) is 7.05 Å². The smallest absolute Gasteiger partial charge is 0.0917 e. The molecule has 0 aromatic carbocycles.